The van der Waals surface area contributed by atoms with Gasteiger partial charge in [-0.25, -0.2) is 0 Å². The van der Waals surface area contributed by atoms with E-state index in [9.17, 15) is 9.59 Å². The fourth-order valence-corrected chi connectivity index (χ4v) is 2.11. The van der Waals surface area contributed by atoms with E-state index in [4.69, 9.17) is 5.11 Å². The molecule has 0 heterocycles. The minimum Gasteiger partial charge on any atom is -0.480 e. The Bertz CT molecular complexity index is 486. The van der Waals surface area contributed by atoms with Gasteiger partial charge in [-0.3, -0.25) is 9.59 Å². The number of aryl methyl sites for hydroxylation is 1. The van der Waals surface area contributed by atoms with Crippen LogP contribution in [0.5, 0.6) is 0 Å². The summed E-state index contributed by atoms with van der Waals surface area (Å²) in [5.41, 5.74) is 1.53. The van der Waals surface area contributed by atoms with Gasteiger partial charge in [0.1, 0.15) is 6.54 Å². The highest BCUT2D eigenvalue weighted by Gasteiger charge is 2.19. The van der Waals surface area contributed by atoms with Gasteiger partial charge in [0.05, 0.1) is 0 Å². The summed E-state index contributed by atoms with van der Waals surface area (Å²) in [5.74, 6) is -1.03. The van der Waals surface area contributed by atoms with E-state index in [1.54, 1.807) is 12.1 Å². The summed E-state index contributed by atoms with van der Waals surface area (Å²) in [5, 5.41) is 8.89. The second-order valence-corrected chi connectivity index (χ2v) is 5.79. The summed E-state index contributed by atoms with van der Waals surface area (Å²) in [6.45, 7) is 5.99. The monoisotopic (exact) mass is 327 g/mol. The van der Waals surface area contributed by atoms with Crippen LogP contribution in [0.15, 0.2) is 22.7 Å². The minimum absolute atomic E-state index is 0.220. The molecule has 0 atom stereocenters. The number of amides is 1. The van der Waals surface area contributed by atoms with E-state index < -0.39 is 5.97 Å². The Morgan fingerprint density at radius 3 is 2.47 bits per heavy atom. The SMILES string of the molecule is Cc1ccc(C(=O)N(CC(=O)O)CC(C)C)cc1Br. The smallest absolute Gasteiger partial charge is 0.323 e. The number of carboxylic acid groups (broad SMARTS) is 1. The van der Waals surface area contributed by atoms with Gasteiger partial charge < -0.3 is 10.0 Å². The van der Waals surface area contributed by atoms with Crippen LogP contribution in [0.2, 0.25) is 0 Å². The topological polar surface area (TPSA) is 57.6 Å². The quantitative estimate of drug-likeness (QED) is 0.904. The fraction of sp³-hybridized carbons (Fsp3) is 0.429. The van der Waals surface area contributed by atoms with Crippen LogP contribution in [-0.4, -0.2) is 35.0 Å². The maximum absolute atomic E-state index is 12.3. The molecule has 1 amide bonds. The zero-order valence-corrected chi connectivity index (χ0v) is 12.9. The van der Waals surface area contributed by atoms with E-state index in [0.717, 1.165) is 10.0 Å². The van der Waals surface area contributed by atoms with Crippen LogP contribution >= 0.6 is 15.9 Å². The molecule has 0 fully saturated rings. The van der Waals surface area contributed by atoms with Gasteiger partial charge in [0.25, 0.3) is 5.91 Å². The van der Waals surface area contributed by atoms with Crippen molar-refractivity contribution >= 4 is 27.8 Å². The van der Waals surface area contributed by atoms with E-state index >= 15 is 0 Å². The third-order valence-corrected chi connectivity index (χ3v) is 3.47. The first kappa shape index (κ1) is 15.7. The maximum Gasteiger partial charge on any atom is 0.323 e. The fourth-order valence-electron chi connectivity index (χ4n) is 1.73. The molecule has 5 heteroatoms. The highest BCUT2D eigenvalue weighted by molar-refractivity contribution is 9.10. The normalized spacial score (nSPS) is 10.6. The van der Waals surface area contributed by atoms with Crippen LogP contribution in [0.25, 0.3) is 0 Å². The number of carbonyl (C=O) groups is 2. The van der Waals surface area contributed by atoms with E-state index in [1.807, 2.05) is 26.8 Å². The Morgan fingerprint density at radius 1 is 1.37 bits per heavy atom. The van der Waals surface area contributed by atoms with Gasteiger partial charge in [-0.2, -0.15) is 0 Å². The van der Waals surface area contributed by atoms with Crippen LogP contribution < -0.4 is 0 Å². The van der Waals surface area contributed by atoms with Crippen LogP contribution in [0.1, 0.15) is 29.8 Å². The molecule has 4 nitrogen and oxygen atoms in total. The van der Waals surface area contributed by atoms with Crippen molar-refractivity contribution < 1.29 is 14.7 Å². The summed E-state index contributed by atoms with van der Waals surface area (Å²) in [6, 6.07) is 5.29. The molecule has 1 N–H and O–H groups in total. The summed E-state index contributed by atoms with van der Waals surface area (Å²) in [4.78, 5) is 24.5. The van der Waals surface area contributed by atoms with Crippen LogP contribution in [0.3, 0.4) is 0 Å². The number of aliphatic carboxylic acids is 1. The molecule has 1 rings (SSSR count). The molecule has 0 spiro atoms. The molecular formula is C14H18BrNO3. The Hall–Kier alpha value is -1.36. The van der Waals surface area contributed by atoms with Gasteiger partial charge in [0.15, 0.2) is 0 Å². The zero-order chi connectivity index (χ0) is 14.6. The Labute approximate surface area is 121 Å². The van der Waals surface area contributed by atoms with Gasteiger partial charge in [0.2, 0.25) is 0 Å². The third-order valence-electron chi connectivity index (χ3n) is 2.62. The van der Waals surface area contributed by atoms with Crippen LogP contribution in [0, 0.1) is 12.8 Å². The van der Waals surface area contributed by atoms with Crippen molar-refractivity contribution in [2.45, 2.75) is 20.8 Å². The largest absolute Gasteiger partial charge is 0.480 e. The van der Waals surface area contributed by atoms with Gasteiger partial charge in [-0.05, 0) is 30.5 Å². The average molecular weight is 328 g/mol. The predicted molar refractivity (Wildman–Crippen MR) is 77.3 cm³/mol. The summed E-state index contributed by atoms with van der Waals surface area (Å²) < 4.78 is 0.846. The second kappa shape index (κ2) is 6.70. The number of benzene rings is 1. The third kappa shape index (κ3) is 4.67. The lowest BCUT2D eigenvalue weighted by atomic mass is 10.1. The van der Waals surface area contributed by atoms with Gasteiger partial charge in [0, 0.05) is 16.6 Å². The Balaban J connectivity index is 2.97. The molecule has 0 aliphatic heterocycles. The van der Waals surface area contributed by atoms with E-state index in [1.165, 1.54) is 4.90 Å². The summed E-state index contributed by atoms with van der Waals surface area (Å²) >= 11 is 3.38. The molecule has 0 unspecified atom stereocenters. The first-order valence-corrected chi connectivity index (χ1v) is 6.87. The lowest BCUT2D eigenvalue weighted by molar-refractivity contribution is -0.137. The molecule has 1 aromatic rings. The van der Waals surface area contributed by atoms with Crippen molar-refractivity contribution in [2.24, 2.45) is 5.92 Å². The minimum atomic E-state index is -1.000. The molecule has 0 radical (unpaired) electrons. The van der Waals surface area contributed by atoms with Crippen molar-refractivity contribution in [3.8, 4) is 0 Å². The highest BCUT2D eigenvalue weighted by atomic mass is 79.9. The van der Waals surface area contributed by atoms with Crippen molar-refractivity contribution in [3.05, 3.63) is 33.8 Å². The average Bonchev–Trinajstić information content (AvgIpc) is 2.29. The highest BCUT2D eigenvalue weighted by Crippen LogP contribution is 2.19. The van der Waals surface area contributed by atoms with Crippen LogP contribution in [0.4, 0.5) is 0 Å². The maximum atomic E-state index is 12.3. The van der Waals surface area contributed by atoms with Gasteiger partial charge >= 0.3 is 5.97 Å². The van der Waals surface area contributed by atoms with E-state index in [-0.39, 0.29) is 18.4 Å². The van der Waals surface area contributed by atoms with Crippen LogP contribution in [-0.2, 0) is 4.79 Å². The standard InChI is InChI=1S/C14H18BrNO3/c1-9(2)7-16(8-13(17)18)14(19)11-5-4-10(3)12(15)6-11/h4-6,9H,7-8H2,1-3H3,(H,17,18). The number of hydrogen-bond donors (Lipinski definition) is 1. The first-order chi connectivity index (χ1) is 8.81. The second-order valence-electron chi connectivity index (χ2n) is 4.94. The van der Waals surface area contributed by atoms with E-state index in [2.05, 4.69) is 15.9 Å². The number of nitrogens with zero attached hydrogens (tertiary/aromatic N) is 1. The van der Waals surface area contributed by atoms with Gasteiger partial charge in [-0.1, -0.05) is 35.8 Å². The Morgan fingerprint density at radius 2 is 2.00 bits per heavy atom. The first-order valence-electron chi connectivity index (χ1n) is 6.08. The molecule has 0 aliphatic carbocycles. The number of carbonyl (C=O) groups excluding carboxylic acids is 1. The summed E-state index contributed by atoms with van der Waals surface area (Å²) in [7, 11) is 0. The number of hydrogen-bond acceptors (Lipinski definition) is 2. The molecule has 0 aromatic heterocycles. The molecule has 19 heavy (non-hydrogen) atoms. The number of rotatable bonds is 5. The molecule has 1 aromatic carbocycles. The molecule has 104 valence electrons. The molecule has 0 bridgehead atoms. The number of halogens is 1. The van der Waals surface area contributed by atoms with Gasteiger partial charge in [-0.15, -0.1) is 0 Å². The Kier molecular flexibility index (Phi) is 5.54. The molecular weight excluding hydrogens is 310 g/mol. The van der Waals surface area contributed by atoms with Crippen molar-refractivity contribution in [1.82, 2.24) is 4.90 Å². The zero-order valence-electron chi connectivity index (χ0n) is 11.3. The summed E-state index contributed by atoms with van der Waals surface area (Å²) in [6.07, 6.45) is 0. The molecule has 0 saturated carbocycles. The lowest BCUT2D eigenvalue weighted by Crippen LogP contribution is -2.38. The van der Waals surface area contributed by atoms with E-state index in [0.29, 0.717) is 12.1 Å². The predicted octanol–water partition coefficient (Wildman–Crippen LogP) is 2.94. The number of carboxylic acids is 1. The van der Waals surface area contributed by atoms with Crippen molar-refractivity contribution in [3.63, 3.8) is 0 Å². The molecule has 0 saturated heterocycles. The van der Waals surface area contributed by atoms with Crippen molar-refractivity contribution in [2.75, 3.05) is 13.1 Å². The van der Waals surface area contributed by atoms with Crippen molar-refractivity contribution in [1.29, 1.82) is 0 Å². The lowest BCUT2D eigenvalue weighted by Gasteiger charge is -2.23. The molecule has 0 aliphatic rings.